The van der Waals surface area contributed by atoms with Gasteiger partial charge in [-0.3, -0.25) is 4.79 Å². The Kier molecular flexibility index (Phi) is 4.26. The zero-order valence-corrected chi connectivity index (χ0v) is 15.5. The monoisotopic (exact) mass is 352 g/mol. The van der Waals surface area contributed by atoms with E-state index in [9.17, 15) is 4.79 Å². The molecule has 6 heteroatoms. The smallest absolute Gasteiger partial charge is 0.274 e. The maximum Gasteiger partial charge on any atom is 0.274 e. The molecular formula is C20H24N4O2. The largest absolute Gasteiger partial charge is 0.350 e. The van der Waals surface area contributed by atoms with Crippen molar-refractivity contribution in [1.29, 1.82) is 0 Å². The van der Waals surface area contributed by atoms with Crippen LogP contribution in [0.25, 0.3) is 22.5 Å². The summed E-state index contributed by atoms with van der Waals surface area (Å²) in [6.45, 7) is 4.75. The Morgan fingerprint density at radius 2 is 2.15 bits per heavy atom. The number of amides is 1. The van der Waals surface area contributed by atoms with Crippen LogP contribution in [0.3, 0.4) is 0 Å². The predicted octanol–water partition coefficient (Wildman–Crippen LogP) is 3.64. The topological polar surface area (TPSA) is 75.0 Å². The second-order valence-corrected chi connectivity index (χ2v) is 7.33. The molecule has 1 saturated carbocycles. The lowest BCUT2D eigenvalue weighted by molar-refractivity contribution is -0.136. The normalized spacial score (nSPS) is 14.6. The number of aromatic amines is 1. The average molecular weight is 352 g/mol. The highest BCUT2D eigenvalue weighted by molar-refractivity contribution is 5.89. The van der Waals surface area contributed by atoms with Crippen LogP contribution in [0, 0.1) is 19.8 Å². The highest BCUT2D eigenvalue weighted by atomic mass is 16.5. The van der Waals surface area contributed by atoms with Gasteiger partial charge >= 0.3 is 0 Å². The summed E-state index contributed by atoms with van der Waals surface area (Å²) in [5.41, 5.74) is 4.25. The van der Waals surface area contributed by atoms with Gasteiger partial charge in [0.15, 0.2) is 5.82 Å². The Labute approximate surface area is 152 Å². The predicted molar refractivity (Wildman–Crippen MR) is 99.7 cm³/mol. The van der Waals surface area contributed by atoms with E-state index in [1.165, 1.54) is 17.4 Å². The van der Waals surface area contributed by atoms with Crippen LogP contribution in [-0.4, -0.2) is 39.5 Å². The number of likely N-dealkylation sites (N-methyl/N-ethyl adjacent to an activating group) is 1. The Hall–Kier alpha value is -2.63. The molecule has 2 heterocycles. The maximum atomic E-state index is 12.2. The molecule has 136 valence electrons. The summed E-state index contributed by atoms with van der Waals surface area (Å²) < 4.78 is 5.47. The van der Waals surface area contributed by atoms with Crippen molar-refractivity contribution in [3.63, 3.8) is 0 Å². The molecule has 0 spiro atoms. The molecule has 1 N–H and O–H groups in total. The Morgan fingerprint density at radius 1 is 1.35 bits per heavy atom. The minimum absolute atomic E-state index is 0.221. The van der Waals surface area contributed by atoms with Gasteiger partial charge in [0.25, 0.3) is 5.89 Å². The van der Waals surface area contributed by atoms with Crippen LogP contribution < -0.4 is 0 Å². The molecule has 0 aliphatic heterocycles. The van der Waals surface area contributed by atoms with Gasteiger partial charge in [-0.1, -0.05) is 23.2 Å². The number of H-pyrrole nitrogens is 1. The van der Waals surface area contributed by atoms with E-state index >= 15 is 0 Å². The summed E-state index contributed by atoms with van der Waals surface area (Å²) in [6.07, 6.45) is 3.81. The number of nitrogens with zero attached hydrogens (tertiary/aromatic N) is 3. The molecule has 0 saturated heterocycles. The quantitative estimate of drug-likeness (QED) is 0.761. The van der Waals surface area contributed by atoms with Crippen LogP contribution >= 0.6 is 0 Å². The summed E-state index contributed by atoms with van der Waals surface area (Å²) in [6, 6.07) is 6.30. The first-order chi connectivity index (χ1) is 12.5. The van der Waals surface area contributed by atoms with Crippen LogP contribution in [0.2, 0.25) is 0 Å². The van der Waals surface area contributed by atoms with Crippen LogP contribution in [0.15, 0.2) is 22.7 Å². The molecule has 4 rings (SSSR count). The van der Waals surface area contributed by atoms with Crippen molar-refractivity contribution in [2.75, 3.05) is 13.6 Å². The number of hydrogen-bond acceptors (Lipinski definition) is 4. The number of nitrogens with one attached hydrogen (secondary N) is 1. The van der Waals surface area contributed by atoms with E-state index in [1.807, 2.05) is 7.05 Å². The summed E-state index contributed by atoms with van der Waals surface area (Å²) in [4.78, 5) is 21.9. The van der Waals surface area contributed by atoms with E-state index in [0.29, 0.717) is 24.7 Å². The molecule has 0 bridgehead atoms. The van der Waals surface area contributed by atoms with Gasteiger partial charge in [-0.25, -0.2) is 0 Å². The Bertz CT molecular complexity index is 952. The number of aryl methyl sites for hydroxylation is 2. The standard InChI is InChI=1S/C20H24N4O2/c1-12-7-8-16-15(11-12)13(2)18(21-16)19-22-17(23-26-19)9-10-24(3)20(25)14-5-4-6-14/h7-8,11,14,21H,4-6,9-10H2,1-3H3. The van der Waals surface area contributed by atoms with Gasteiger partial charge in [-0.2, -0.15) is 4.98 Å². The van der Waals surface area contributed by atoms with E-state index in [4.69, 9.17) is 4.52 Å². The zero-order valence-electron chi connectivity index (χ0n) is 15.5. The van der Waals surface area contributed by atoms with Gasteiger partial charge < -0.3 is 14.4 Å². The summed E-state index contributed by atoms with van der Waals surface area (Å²) in [7, 11) is 1.85. The fourth-order valence-corrected chi connectivity index (χ4v) is 3.46. The van der Waals surface area contributed by atoms with Crippen molar-refractivity contribution in [1.82, 2.24) is 20.0 Å². The number of hydrogen-bond donors (Lipinski definition) is 1. The first kappa shape index (κ1) is 16.8. The molecule has 1 fully saturated rings. The minimum Gasteiger partial charge on any atom is -0.350 e. The van der Waals surface area contributed by atoms with Crippen LogP contribution in [-0.2, 0) is 11.2 Å². The molecular weight excluding hydrogens is 328 g/mol. The highest BCUT2D eigenvalue weighted by Gasteiger charge is 2.27. The molecule has 1 amide bonds. The minimum atomic E-state index is 0.221. The van der Waals surface area contributed by atoms with Gasteiger partial charge in [0.1, 0.15) is 5.69 Å². The number of carbonyl (C=O) groups is 1. The lowest BCUT2D eigenvalue weighted by Gasteiger charge is -2.28. The molecule has 1 aliphatic rings. The molecule has 0 atom stereocenters. The van der Waals surface area contributed by atoms with Crippen molar-refractivity contribution in [3.8, 4) is 11.6 Å². The second-order valence-electron chi connectivity index (χ2n) is 7.33. The van der Waals surface area contributed by atoms with Gasteiger partial charge in [0.2, 0.25) is 5.91 Å². The fourth-order valence-electron chi connectivity index (χ4n) is 3.46. The van der Waals surface area contributed by atoms with Gasteiger partial charge in [0.05, 0.1) is 0 Å². The summed E-state index contributed by atoms with van der Waals surface area (Å²) in [5, 5.41) is 5.26. The number of fused-ring (bicyclic) bond motifs is 1. The van der Waals surface area contributed by atoms with Crippen LogP contribution in [0.1, 0.15) is 36.2 Å². The van der Waals surface area contributed by atoms with Gasteiger partial charge in [0, 0.05) is 36.8 Å². The van der Waals surface area contributed by atoms with Crippen LogP contribution in [0.5, 0.6) is 0 Å². The molecule has 3 aromatic rings. The third-order valence-electron chi connectivity index (χ3n) is 5.40. The Morgan fingerprint density at radius 3 is 2.88 bits per heavy atom. The number of carbonyl (C=O) groups excluding carboxylic acids is 1. The lowest BCUT2D eigenvalue weighted by atomic mass is 9.84. The van der Waals surface area contributed by atoms with Crippen molar-refractivity contribution in [2.45, 2.75) is 39.5 Å². The van der Waals surface area contributed by atoms with Crippen molar-refractivity contribution < 1.29 is 9.32 Å². The lowest BCUT2D eigenvalue weighted by Crippen LogP contribution is -2.37. The van der Waals surface area contributed by atoms with Crippen molar-refractivity contribution in [3.05, 3.63) is 35.2 Å². The third kappa shape index (κ3) is 3.00. The van der Waals surface area contributed by atoms with E-state index in [0.717, 1.165) is 29.6 Å². The fraction of sp³-hybridized carbons (Fsp3) is 0.450. The van der Waals surface area contributed by atoms with E-state index < -0.39 is 0 Å². The molecule has 26 heavy (non-hydrogen) atoms. The van der Waals surface area contributed by atoms with E-state index in [-0.39, 0.29) is 11.8 Å². The first-order valence-corrected chi connectivity index (χ1v) is 9.20. The number of benzene rings is 1. The highest BCUT2D eigenvalue weighted by Crippen LogP contribution is 2.30. The van der Waals surface area contributed by atoms with E-state index in [1.54, 1.807) is 4.90 Å². The molecule has 2 aromatic heterocycles. The molecule has 0 radical (unpaired) electrons. The number of rotatable bonds is 5. The molecule has 0 unspecified atom stereocenters. The van der Waals surface area contributed by atoms with Gasteiger partial charge in [-0.05, 0) is 44.4 Å². The third-order valence-corrected chi connectivity index (χ3v) is 5.40. The SMILES string of the molecule is Cc1ccc2[nH]c(-c3nc(CCN(C)C(=O)C4CCC4)no3)c(C)c2c1. The summed E-state index contributed by atoms with van der Waals surface area (Å²) in [5.74, 6) is 1.59. The second kappa shape index (κ2) is 6.59. The maximum absolute atomic E-state index is 12.2. The molecule has 1 aromatic carbocycles. The number of aromatic nitrogens is 3. The van der Waals surface area contributed by atoms with Crippen molar-refractivity contribution >= 4 is 16.8 Å². The van der Waals surface area contributed by atoms with Crippen molar-refractivity contribution in [2.24, 2.45) is 5.92 Å². The van der Waals surface area contributed by atoms with E-state index in [2.05, 4.69) is 47.2 Å². The van der Waals surface area contributed by atoms with Gasteiger partial charge in [-0.15, -0.1) is 0 Å². The zero-order chi connectivity index (χ0) is 18.3. The molecule has 6 nitrogen and oxygen atoms in total. The average Bonchev–Trinajstić information content (AvgIpc) is 3.16. The Balaban J connectivity index is 1.48. The summed E-state index contributed by atoms with van der Waals surface area (Å²) >= 11 is 0. The molecule has 1 aliphatic carbocycles. The van der Waals surface area contributed by atoms with Crippen LogP contribution in [0.4, 0.5) is 0 Å². The first-order valence-electron chi connectivity index (χ1n) is 9.20.